The van der Waals surface area contributed by atoms with Gasteiger partial charge in [0.1, 0.15) is 5.76 Å². The van der Waals surface area contributed by atoms with Crippen LogP contribution in [0.15, 0.2) is 88.7 Å². The van der Waals surface area contributed by atoms with E-state index in [1.807, 2.05) is 69.3 Å². The van der Waals surface area contributed by atoms with Gasteiger partial charge in [0.2, 0.25) is 5.78 Å². The molecule has 0 spiro atoms. The van der Waals surface area contributed by atoms with Crippen molar-refractivity contribution in [1.29, 1.82) is 0 Å². The minimum absolute atomic E-state index is 0.000712. The number of benzene rings is 2. The Labute approximate surface area is 221 Å². The zero-order chi connectivity index (χ0) is 27.1. The van der Waals surface area contributed by atoms with Crippen molar-refractivity contribution in [1.82, 2.24) is 0 Å². The standard InChI is InChI=1S/C33H38N2O2/c1-20(2)34-25-13-10-22(4)27(17-14-25)30-31(36)29(32(30)37)24-11-15-26(16-12-24)35(33(6,7)8)28-18-9-21(3)19-23(28)5/h9-20,22,36H,1-8H3/b30-27+,34-25?/t22-/m1/s1. The summed E-state index contributed by atoms with van der Waals surface area (Å²) in [6.07, 6.45) is 7.85. The molecule has 0 aromatic heterocycles. The van der Waals surface area contributed by atoms with Crippen LogP contribution in [-0.2, 0) is 4.79 Å². The van der Waals surface area contributed by atoms with Crippen LogP contribution < -0.4 is 4.90 Å². The number of Topliss-reactive ketones (excluding diaryl/α,β-unsaturated/α-hetero) is 1. The van der Waals surface area contributed by atoms with Crippen LogP contribution >= 0.6 is 0 Å². The second-order valence-corrected chi connectivity index (χ2v) is 11.4. The Balaban J connectivity index is 1.69. The van der Waals surface area contributed by atoms with Crippen molar-refractivity contribution in [3.63, 3.8) is 0 Å². The lowest BCUT2D eigenvalue weighted by Gasteiger charge is -2.39. The van der Waals surface area contributed by atoms with Crippen LogP contribution in [0.2, 0.25) is 0 Å². The second-order valence-electron chi connectivity index (χ2n) is 11.4. The van der Waals surface area contributed by atoms with Crippen LogP contribution in [0.5, 0.6) is 0 Å². The molecule has 0 heterocycles. The Morgan fingerprint density at radius 1 is 0.946 bits per heavy atom. The molecular weight excluding hydrogens is 456 g/mol. The highest BCUT2D eigenvalue weighted by Crippen LogP contribution is 2.42. The van der Waals surface area contributed by atoms with Crippen molar-refractivity contribution in [3.8, 4) is 0 Å². The summed E-state index contributed by atoms with van der Waals surface area (Å²) in [5.41, 5.74) is 7.70. The summed E-state index contributed by atoms with van der Waals surface area (Å²) in [5.74, 6) is -0.0420. The molecule has 1 atom stereocenters. The van der Waals surface area contributed by atoms with Gasteiger partial charge in [0.25, 0.3) is 0 Å². The maximum absolute atomic E-state index is 13.3. The third-order valence-corrected chi connectivity index (χ3v) is 6.78. The van der Waals surface area contributed by atoms with Crippen molar-refractivity contribution >= 4 is 28.4 Å². The number of aliphatic hydroxyl groups excluding tert-OH is 1. The van der Waals surface area contributed by atoms with Gasteiger partial charge in [-0.15, -0.1) is 0 Å². The first-order valence-electron chi connectivity index (χ1n) is 13.0. The largest absolute Gasteiger partial charge is 0.506 e. The van der Waals surface area contributed by atoms with Crippen molar-refractivity contribution in [2.45, 2.75) is 67.0 Å². The molecule has 2 aromatic rings. The SMILES string of the molecule is Cc1ccc(N(c2ccc(C3=C(O)/C(=C4/C=CC(=NC(C)C)C=C[C@H]4C)C3=O)cc2)C(C)(C)C)c(C)c1. The molecule has 0 saturated heterocycles. The van der Waals surface area contributed by atoms with Gasteiger partial charge >= 0.3 is 0 Å². The number of allylic oxidation sites excluding steroid dienone is 7. The molecule has 192 valence electrons. The van der Waals surface area contributed by atoms with E-state index in [-0.39, 0.29) is 29.0 Å². The zero-order valence-corrected chi connectivity index (χ0v) is 23.3. The van der Waals surface area contributed by atoms with Gasteiger partial charge in [-0.3, -0.25) is 9.79 Å². The average Bonchev–Trinajstić information content (AvgIpc) is 2.97. The molecule has 0 bridgehead atoms. The minimum Gasteiger partial charge on any atom is -0.506 e. The van der Waals surface area contributed by atoms with E-state index in [9.17, 15) is 9.90 Å². The van der Waals surface area contributed by atoms with E-state index >= 15 is 0 Å². The summed E-state index contributed by atoms with van der Waals surface area (Å²) in [5, 5.41) is 11.0. The van der Waals surface area contributed by atoms with Gasteiger partial charge in [-0.25, -0.2) is 0 Å². The third-order valence-electron chi connectivity index (χ3n) is 6.78. The maximum Gasteiger partial charge on any atom is 0.201 e. The number of hydrogen-bond donors (Lipinski definition) is 1. The lowest BCUT2D eigenvalue weighted by Crippen LogP contribution is -2.38. The predicted octanol–water partition coefficient (Wildman–Crippen LogP) is 8.00. The lowest BCUT2D eigenvalue weighted by molar-refractivity contribution is -0.111. The summed E-state index contributed by atoms with van der Waals surface area (Å²) in [6, 6.07) is 14.6. The number of hydrogen-bond acceptors (Lipinski definition) is 4. The van der Waals surface area contributed by atoms with Crippen LogP contribution in [0, 0.1) is 19.8 Å². The average molecular weight is 495 g/mol. The number of aliphatic hydroxyl groups is 1. The molecule has 37 heavy (non-hydrogen) atoms. The molecule has 0 saturated carbocycles. The highest BCUT2D eigenvalue weighted by Gasteiger charge is 2.37. The van der Waals surface area contributed by atoms with Crippen molar-refractivity contribution < 1.29 is 9.90 Å². The highest BCUT2D eigenvalue weighted by molar-refractivity contribution is 6.39. The van der Waals surface area contributed by atoms with Gasteiger partial charge in [-0.2, -0.15) is 0 Å². The summed E-state index contributed by atoms with van der Waals surface area (Å²) < 4.78 is 0. The number of carbonyl (C=O) groups excluding carboxylic acids is 1. The number of aliphatic imine (C=N–C) groups is 1. The third kappa shape index (κ3) is 5.24. The summed E-state index contributed by atoms with van der Waals surface area (Å²) >= 11 is 0. The van der Waals surface area contributed by atoms with Gasteiger partial charge in [-0.1, -0.05) is 48.9 Å². The van der Waals surface area contributed by atoms with E-state index in [2.05, 4.69) is 62.7 Å². The molecule has 1 N–H and O–H groups in total. The molecule has 4 heteroatoms. The number of nitrogens with zero attached hydrogens (tertiary/aromatic N) is 2. The van der Waals surface area contributed by atoms with Crippen LogP contribution in [0.4, 0.5) is 11.4 Å². The van der Waals surface area contributed by atoms with Gasteiger partial charge in [-0.05, 0) is 95.5 Å². The topological polar surface area (TPSA) is 52.9 Å². The number of rotatable bonds is 4. The second kappa shape index (κ2) is 10.0. The van der Waals surface area contributed by atoms with E-state index in [4.69, 9.17) is 0 Å². The van der Waals surface area contributed by atoms with Crippen LogP contribution in [0.1, 0.15) is 58.2 Å². The number of anilines is 2. The Kier molecular flexibility index (Phi) is 7.14. The molecule has 0 amide bonds. The molecule has 0 unspecified atom stereocenters. The fourth-order valence-electron chi connectivity index (χ4n) is 5.08. The van der Waals surface area contributed by atoms with Gasteiger partial charge in [0.15, 0.2) is 0 Å². The smallest absolute Gasteiger partial charge is 0.201 e. The summed E-state index contributed by atoms with van der Waals surface area (Å²) in [4.78, 5) is 20.2. The lowest BCUT2D eigenvalue weighted by atomic mass is 9.78. The first-order chi connectivity index (χ1) is 17.4. The summed E-state index contributed by atoms with van der Waals surface area (Å²) in [6.45, 7) is 16.9. The fraction of sp³-hybridized carbons (Fsp3) is 0.333. The Morgan fingerprint density at radius 3 is 2.19 bits per heavy atom. The van der Waals surface area contributed by atoms with Gasteiger partial charge in [0.05, 0.1) is 16.9 Å². The fourth-order valence-corrected chi connectivity index (χ4v) is 5.08. The van der Waals surface area contributed by atoms with Crippen molar-refractivity contribution in [3.05, 3.63) is 100 Å². The Bertz CT molecular complexity index is 1380. The van der Waals surface area contributed by atoms with Gasteiger partial charge in [0, 0.05) is 28.9 Å². The summed E-state index contributed by atoms with van der Waals surface area (Å²) in [7, 11) is 0. The number of carbonyl (C=O) groups is 1. The van der Waals surface area contributed by atoms with E-state index in [1.165, 1.54) is 11.1 Å². The zero-order valence-electron chi connectivity index (χ0n) is 23.3. The highest BCUT2D eigenvalue weighted by atomic mass is 16.3. The molecule has 2 aliphatic rings. The quantitative estimate of drug-likeness (QED) is 0.438. The van der Waals surface area contributed by atoms with E-state index < -0.39 is 0 Å². The molecule has 4 nitrogen and oxygen atoms in total. The maximum atomic E-state index is 13.3. The monoisotopic (exact) mass is 494 g/mol. The van der Waals surface area contributed by atoms with Crippen LogP contribution in [0.3, 0.4) is 0 Å². The van der Waals surface area contributed by atoms with E-state index in [1.54, 1.807) is 0 Å². The first-order valence-corrected chi connectivity index (χ1v) is 13.0. The number of aryl methyl sites for hydroxylation is 2. The van der Waals surface area contributed by atoms with E-state index in [0.29, 0.717) is 11.1 Å². The van der Waals surface area contributed by atoms with Gasteiger partial charge < -0.3 is 10.0 Å². The number of ketones is 1. The van der Waals surface area contributed by atoms with Crippen molar-refractivity contribution in [2.24, 2.45) is 10.9 Å². The Hall–Kier alpha value is -3.66. The molecular formula is C33H38N2O2. The first kappa shape index (κ1) is 26.4. The molecule has 0 aliphatic heterocycles. The minimum atomic E-state index is -0.153. The molecule has 0 radical (unpaired) electrons. The predicted molar refractivity (Wildman–Crippen MR) is 156 cm³/mol. The van der Waals surface area contributed by atoms with Crippen molar-refractivity contribution in [2.75, 3.05) is 4.90 Å². The molecule has 2 aliphatic carbocycles. The van der Waals surface area contributed by atoms with E-state index in [0.717, 1.165) is 28.2 Å². The molecule has 2 aromatic carbocycles. The Morgan fingerprint density at radius 2 is 1.62 bits per heavy atom. The van der Waals surface area contributed by atoms with Crippen LogP contribution in [0.25, 0.3) is 5.57 Å². The molecule has 4 rings (SSSR count). The van der Waals surface area contributed by atoms with Crippen LogP contribution in [-0.4, -0.2) is 28.2 Å². The normalized spacial score (nSPS) is 21.1. The molecule has 0 fully saturated rings.